The Labute approximate surface area is 79.8 Å². The second kappa shape index (κ2) is 5.52. The Morgan fingerprint density at radius 3 is 2.92 bits per heavy atom. The minimum Gasteiger partial charge on any atom is -0.295 e. The second-order valence-corrected chi connectivity index (χ2v) is 3.32. The summed E-state index contributed by atoms with van der Waals surface area (Å²) in [5, 5.41) is 0. The van der Waals surface area contributed by atoms with Gasteiger partial charge in [0.05, 0.1) is 0 Å². The molecular weight excluding hydrogens is 160 g/mol. The number of carbonyl (C=O) groups is 1. The maximum atomic E-state index is 10.9. The maximum absolute atomic E-state index is 10.9. The van der Waals surface area contributed by atoms with Gasteiger partial charge in [-0.1, -0.05) is 30.4 Å². The summed E-state index contributed by atoms with van der Waals surface area (Å²) in [6.45, 7) is 3.60. The molecule has 70 valence electrons. The van der Waals surface area contributed by atoms with Crippen molar-refractivity contribution in [1.29, 1.82) is 0 Å². The van der Waals surface area contributed by atoms with Crippen molar-refractivity contribution in [3.63, 3.8) is 0 Å². The average Bonchev–Trinajstić information content (AvgIpc) is 2.51. The van der Waals surface area contributed by atoms with Crippen LogP contribution in [0.1, 0.15) is 32.1 Å². The lowest BCUT2D eigenvalue weighted by Gasteiger charge is -1.97. The zero-order valence-electron chi connectivity index (χ0n) is 7.96. The predicted octanol–water partition coefficient (Wildman–Crippen LogP) is 3.19. The quantitative estimate of drug-likeness (QED) is 0.464. The Balaban J connectivity index is 2.13. The fourth-order valence-electron chi connectivity index (χ4n) is 1.49. The number of rotatable bonds is 5. The van der Waals surface area contributed by atoms with Crippen molar-refractivity contribution in [2.75, 3.05) is 0 Å². The van der Waals surface area contributed by atoms with E-state index >= 15 is 0 Å². The first-order valence-electron chi connectivity index (χ1n) is 4.83. The molecule has 0 saturated carbocycles. The fourth-order valence-corrected chi connectivity index (χ4v) is 1.49. The highest BCUT2D eigenvalue weighted by atomic mass is 16.1. The molecule has 1 nitrogen and oxygen atoms in total. The second-order valence-electron chi connectivity index (χ2n) is 3.32. The van der Waals surface area contributed by atoms with E-state index in [0.717, 1.165) is 32.1 Å². The Morgan fingerprint density at radius 2 is 2.31 bits per heavy atom. The minimum absolute atomic E-state index is 0.302. The zero-order chi connectivity index (χ0) is 9.52. The lowest BCUT2D eigenvalue weighted by molar-refractivity contribution is -0.114. The molecule has 0 radical (unpaired) electrons. The van der Waals surface area contributed by atoms with Crippen molar-refractivity contribution in [3.05, 3.63) is 36.5 Å². The van der Waals surface area contributed by atoms with Gasteiger partial charge in [0, 0.05) is 6.42 Å². The van der Waals surface area contributed by atoms with E-state index in [9.17, 15) is 4.79 Å². The van der Waals surface area contributed by atoms with Gasteiger partial charge in [-0.05, 0) is 31.8 Å². The van der Waals surface area contributed by atoms with Crippen molar-refractivity contribution in [1.82, 2.24) is 0 Å². The molecule has 0 aromatic carbocycles. The monoisotopic (exact) mass is 176 g/mol. The van der Waals surface area contributed by atoms with Crippen molar-refractivity contribution >= 4 is 5.78 Å². The average molecular weight is 176 g/mol. The molecule has 0 atom stereocenters. The summed E-state index contributed by atoms with van der Waals surface area (Å²) < 4.78 is 0. The molecule has 0 N–H and O–H groups in total. The third-order valence-electron chi connectivity index (χ3n) is 2.20. The molecule has 0 saturated heterocycles. The summed E-state index contributed by atoms with van der Waals surface area (Å²) >= 11 is 0. The Bertz CT molecular complexity index is 246. The number of allylic oxidation sites excluding steroid dienone is 5. The van der Waals surface area contributed by atoms with E-state index in [-0.39, 0.29) is 0 Å². The normalized spacial score (nSPS) is 16.6. The Kier molecular flexibility index (Phi) is 4.24. The van der Waals surface area contributed by atoms with Crippen molar-refractivity contribution < 1.29 is 4.79 Å². The molecule has 0 aromatic rings. The van der Waals surface area contributed by atoms with Crippen LogP contribution in [0.3, 0.4) is 0 Å². The maximum Gasteiger partial charge on any atom is 0.155 e. The lowest BCUT2D eigenvalue weighted by atomic mass is 10.1. The molecule has 0 fully saturated rings. The SMILES string of the molecule is C=C/C=C/CCCC1=CC(=O)CC1. The van der Waals surface area contributed by atoms with Gasteiger partial charge in [-0.3, -0.25) is 4.79 Å². The first-order chi connectivity index (χ1) is 6.33. The molecule has 0 spiro atoms. The molecule has 0 bridgehead atoms. The molecule has 1 heteroatoms. The third-order valence-corrected chi connectivity index (χ3v) is 2.20. The van der Waals surface area contributed by atoms with E-state index in [1.54, 1.807) is 6.08 Å². The van der Waals surface area contributed by atoms with Crippen molar-refractivity contribution in [2.45, 2.75) is 32.1 Å². The molecule has 1 aliphatic rings. The van der Waals surface area contributed by atoms with Gasteiger partial charge in [-0.15, -0.1) is 0 Å². The van der Waals surface area contributed by atoms with Gasteiger partial charge in [0.25, 0.3) is 0 Å². The Morgan fingerprint density at radius 1 is 1.46 bits per heavy atom. The minimum atomic E-state index is 0.302. The van der Waals surface area contributed by atoms with Crippen LogP contribution in [0.15, 0.2) is 36.5 Å². The van der Waals surface area contributed by atoms with Crippen LogP contribution >= 0.6 is 0 Å². The molecule has 0 aliphatic heterocycles. The van der Waals surface area contributed by atoms with Crippen LogP contribution in [0, 0.1) is 0 Å². The summed E-state index contributed by atoms with van der Waals surface area (Å²) in [6, 6.07) is 0. The van der Waals surface area contributed by atoms with E-state index in [4.69, 9.17) is 0 Å². The van der Waals surface area contributed by atoms with Crippen LogP contribution in [0.4, 0.5) is 0 Å². The summed E-state index contributed by atoms with van der Waals surface area (Å²) in [4.78, 5) is 10.9. The van der Waals surface area contributed by atoms with Gasteiger partial charge in [0.2, 0.25) is 0 Å². The van der Waals surface area contributed by atoms with Crippen LogP contribution in [-0.4, -0.2) is 5.78 Å². The molecule has 13 heavy (non-hydrogen) atoms. The molecule has 0 heterocycles. The van der Waals surface area contributed by atoms with Gasteiger partial charge in [-0.25, -0.2) is 0 Å². The largest absolute Gasteiger partial charge is 0.295 e. The fraction of sp³-hybridized carbons (Fsp3) is 0.417. The molecule has 1 aliphatic carbocycles. The van der Waals surface area contributed by atoms with Crippen LogP contribution in [0.2, 0.25) is 0 Å². The number of ketones is 1. The van der Waals surface area contributed by atoms with Crippen LogP contribution < -0.4 is 0 Å². The Hall–Kier alpha value is -1.11. The number of carbonyl (C=O) groups excluding carboxylic acids is 1. The van der Waals surface area contributed by atoms with E-state index in [2.05, 4.69) is 12.7 Å². The number of hydrogen-bond acceptors (Lipinski definition) is 1. The third kappa shape index (κ3) is 3.88. The van der Waals surface area contributed by atoms with Crippen LogP contribution in [0.25, 0.3) is 0 Å². The molecule has 0 aromatic heterocycles. The van der Waals surface area contributed by atoms with Crippen molar-refractivity contribution in [3.8, 4) is 0 Å². The number of hydrogen-bond donors (Lipinski definition) is 0. The highest BCUT2D eigenvalue weighted by molar-refractivity contribution is 5.92. The zero-order valence-corrected chi connectivity index (χ0v) is 7.96. The van der Waals surface area contributed by atoms with E-state index in [0.29, 0.717) is 5.78 Å². The highest BCUT2D eigenvalue weighted by Crippen LogP contribution is 2.20. The highest BCUT2D eigenvalue weighted by Gasteiger charge is 2.10. The summed E-state index contributed by atoms with van der Waals surface area (Å²) in [5.41, 5.74) is 1.33. The molecule has 1 rings (SSSR count). The predicted molar refractivity (Wildman–Crippen MR) is 55.5 cm³/mol. The summed E-state index contributed by atoms with van der Waals surface area (Å²) in [5.74, 6) is 0.302. The van der Waals surface area contributed by atoms with E-state index < -0.39 is 0 Å². The standard InChI is InChI=1S/C12H16O/c1-2-3-4-5-6-7-11-8-9-12(13)10-11/h2-4,10H,1,5-9H2/b4-3+. The van der Waals surface area contributed by atoms with Gasteiger partial charge in [0.1, 0.15) is 0 Å². The topological polar surface area (TPSA) is 17.1 Å². The smallest absolute Gasteiger partial charge is 0.155 e. The van der Waals surface area contributed by atoms with Gasteiger partial charge in [-0.2, -0.15) is 0 Å². The molecular formula is C12H16O. The van der Waals surface area contributed by atoms with E-state index in [1.807, 2.05) is 12.2 Å². The van der Waals surface area contributed by atoms with Gasteiger partial charge in [0.15, 0.2) is 5.78 Å². The molecule has 0 unspecified atom stereocenters. The first-order valence-corrected chi connectivity index (χ1v) is 4.83. The van der Waals surface area contributed by atoms with Crippen LogP contribution in [-0.2, 0) is 4.79 Å². The van der Waals surface area contributed by atoms with E-state index in [1.165, 1.54) is 5.57 Å². The van der Waals surface area contributed by atoms with Crippen LogP contribution in [0.5, 0.6) is 0 Å². The van der Waals surface area contributed by atoms with Gasteiger partial charge < -0.3 is 0 Å². The van der Waals surface area contributed by atoms with Gasteiger partial charge >= 0.3 is 0 Å². The first kappa shape index (κ1) is 9.97. The number of unbranched alkanes of at least 4 members (excludes halogenated alkanes) is 1. The molecule has 0 amide bonds. The summed E-state index contributed by atoms with van der Waals surface area (Å²) in [7, 11) is 0. The van der Waals surface area contributed by atoms with Crippen molar-refractivity contribution in [2.24, 2.45) is 0 Å². The summed E-state index contributed by atoms with van der Waals surface area (Å²) in [6.07, 6.45) is 12.7. The lowest BCUT2D eigenvalue weighted by Crippen LogP contribution is -1.80.